The molecule has 0 fully saturated rings. The molecule has 1 heterocycles. The zero-order chi connectivity index (χ0) is 8.16. The van der Waals surface area contributed by atoms with Crippen molar-refractivity contribution >= 4 is 0 Å². The van der Waals surface area contributed by atoms with E-state index in [-0.39, 0.29) is 24.0 Å². The van der Waals surface area contributed by atoms with Gasteiger partial charge < -0.3 is 24.0 Å². The van der Waals surface area contributed by atoms with Crippen LogP contribution in [0.15, 0.2) is 49.9 Å². The van der Waals surface area contributed by atoms with Gasteiger partial charge in [0.05, 0.1) is 6.20 Å². The predicted molar refractivity (Wildman–Crippen MR) is 48.7 cm³/mol. The minimum atomic E-state index is 0. The van der Waals surface area contributed by atoms with Crippen molar-refractivity contribution < 1.29 is 28.5 Å². The molecule has 0 amide bonds. The van der Waals surface area contributed by atoms with E-state index in [1.165, 1.54) is 0 Å². The summed E-state index contributed by atoms with van der Waals surface area (Å²) in [5.74, 6) is 0. The number of hydrogen-bond acceptors (Lipinski definition) is 0. The van der Waals surface area contributed by atoms with Crippen molar-refractivity contribution in [3.63, 3.8) is 0 Å². The van der Waals surface area contributed by atoms with E-state index >= 15 is 0 Å². The maximum Gasteiger partial charge on any atom is 0.106 e. The zero-order valence-electron chi connectivity index (χ0n) is 7.12. The SMILES string of the molecule is C=CC[N+]1(C=C)C=CC=CC1.[I-]. The lowest BCUT2D eigenvalue weighted by Crippen LogP contribution is -3.00. The van der Waals surface area contributed by atoms with E-state index < -0.39 is 0 Å². The molecule has 0 N–H and O–H groups in total. The number of hydrogen-bond donors (Lipinski definition) is 0. The molecule has 1 rings (SSSR count). The summed E-state index contributed by atoms with van der Waals surface area (Å²) in [6.45, 7) is 9.45. The highest BCUT2D eigenvalue weighted by Crippen LogP contribution is 2.12. The van der Waals surface area contributed by atoms with E-state index in [2.05, 4.69) is 37.6 Å². The molecule has 0 aromatic heterocycles. The van der Waals surface area contributed by atoms with Crippen LogP contribution < -0.4 is 24.0 Å². The number of rotatable bonds is 3. The van der Waals surface area contributed by atoms with Crippen molar-refractivity contribution in [3.8, 4) is 0 Å². The van der Waals surface area contributed by atoms with Gasteiger partial charge in [-0.2, -0.15) is 0 Å². The molecule has 2 heteroatoms. The Morgan fingerprint density at radius 3 is 2.50 bits per heavy atom. The number of quaternary nitrogens is 1. The van der Waals surface area contributed by atoms with Gasteiger partial charge in [0.15, 0.2) is 0 Å². The van der Waals surface area contributed by atoms with Gasteiger partial charge in [-0.25, -0.2) is 0 Å². The number of halogens is 1. The molecule has 66 valence electrons. The van der Waals surface area contributed by atoms with Gasteiger partial charge in [-0.3, -0.25) is 4.48 Å². The van der Waals surface area contributed by atoms with Gasteiger partial charge in [0.2, 0.25) is 0 Å². The van der Waals surface area contributed by atoms with E-state index in [1.807, 2.05) is 12.3 Å². The third kappa shape index (κ3) is 2.60. The fraction of sp³-hybridized carbons (Fsp3) is 0.200. The minimum Gasteiger partial charge on any atom is -1.00 e. The molecule has 0 aromatic carbocycles. The number of allylic oxidation sites excluding steroid dienone is 2. The lowest BCUT2D eigenvalue weighted by molar-refractivity contribution is -0.815. The average molecular weight is 275 g/mol. The normalized spacial score (nSPS) is 26.0. The molecule has 0 radical (unpaired) electrons. The van der Waals surface area contributed by atoms with Crippen LogP contribution in [0.25, 0.3) is 0 Å². The largest absolute Gasteiger partial charge is 1.00 e. The highest BCUT2D eigenvalue weighted by Gasteiger charge is 2.18. The van der Waals surface area contributed by atoms with E-state index in [0.717, 1.165) is 17.6 Å². The third-order valence-electron chi connectivity index (χ3n) is 1.91. The van der Waals surface area contributed by atoms with Gasteiger partial charge in [0.25, 0.3) is 0 Å². The van der Waals surface area contributed by atoms with Crippen LogP contribution in [0.1, 0.15) is 0 Å². The van der Waals surface area contributed by atoms with Crippen LogP contribution in [0.4, 0.5) is 0 Å². The fourth-order valence-electron chi connectivity index (χ4n) is 1.20. The Morgan fingerprint density at radius 2 is 2.08 bits per heavy atom. The highest BCUT2D eigenvalue weighted by atomic mass is 127. The first-order valence-corrected chi connectivity index (χ1v) is 3.78. The summed E-state index contributed by atoms with van der Waals surface area (Å²) >= 11 is 0. The standard InChI is InChI=1S/C10H14N.HI/c1-3-8-11(4-2)9-6-5-7-10-11;/h3-7,9H,1-2,8,10H2;1H/q+1;/p-1. The van der Waals surface area contributed by atoms with Crippen molar-refractivity contribution in [2.24, 2.45) is 0 Å². The predicted octanol–water partition coefficient (Wildman–Crippen LogP) is -0.780. The van der Waals surface area contributed by atoms with Gasteiger partial charge in [-0.1, -0.05) is 12.7 Å². The molecule has 0 spiro atoms. The smallest absolute Gasteiger partial charge is 0.106 e. The fourth-order valence-corrected chi connectivity index (χ4v) is 1.20. The summed E-state index contributed by atoms with van der Waals surface area (Å²) in [6, 6.07) is 0. The first-order chi connectivity index (χ1) is 5.33. The molecule has 0 saturated carbocycles. The minimum absolute atomic E-state index is 0. The second kappa shape index (κ2) is 5.32. The van der Waals surface area contributed by atoms with E-state index in [4.69, 9.17) is 0 Å². The molecule has 1 aliphatic heterocycles. The first-order valence-electron chi connectivity index (χ1n) is 3.78. The van der Waals surface area contributed by atoms with Crippen molar-refractivity contribution in [1.29, 1.82) is 0 Å². The van der Waals surface area contributed by atoms with Crippen LogP contribution in [0.3, 0.4) is 0 Å². The molecule has 1 aliphatic rings. The Morgan fingerprint density at radius 1 is 1.33 bits per heavy atom. The maximum atomic E-state index is 3.81. The molecule has 0 bridgehead atoms. The number of nitrogens with zero attached hydrogens (tertiary/aromatic N) is 1. The zero-order valence-corrected chi connectivity index (χ0v) is 9.28. The molecule has 1 nitrogen and oxygen atoms in total. The van der Waals surface area contributed by atoms with Crippen LogP contribution in [-0.2, 0) is 0 Å². The monoisotopic (exact) mass is 275 g/mol. The summed E-state index contributed by atoms with van der Waals surface area (Å²) in [5.41, 5.74) is 0. The Labute approximate surface area is 91.4 Å². The molecule has 1 atom stereocenters. The lowest BCUT2D eigenvalue weighted by Gasteiger charge is -2.29. The van der Waals surface area contributed by atoms with E-state index in [9.17, 15) is 0 Å². The summed E-state index contributed by atoms with van der Waals surface area (Å²) in [4.78, 5) is 0. The van der Waals surface area contributed by atoms with Gasteiger partial charge >= 0.3 is 0 Å². The summed E-state index contributed by atoms with van der Waals surface area (Å²) in [5, 5.41) is 0. The summed E-state index contributed by atoms with van der Waals surface area (Å²) in [7, 11) is 0. The Hall–Kier alpha value is -0.350. The van der Waals surface area contributed by atoms with Crippen LogP contribution in [0.5, 0.6) is 0 Å². The molecule has 0 saturated heterocycles. The second-order valence-corrected chi connectivity index (χ2v) is 2.71. The Bertz CT molecular complexity index is 214. The van der Waals surface area contributed by atoms with E-state index in [1.54, 1.807) is 0 Å². The van der Waals surface area contributed by atoms with Crippen molar-refractivity contribution in [3.05, 3.63) is 49.9 Å². The van der Waals surface area contributed by atoms with Gasteiger partial charge in [-0.15, -0.1) is 0 Å². The van der Waals surface area contributed by atoms with Gasteiger partial charge in [-0.05, 0) is 24.8 Å². The quantitative estimate of drug-likeness (QED) is 0.360. The maximum absolute atomic E-state index is 3.81. The summed E-state index contributed by atoms with van der Waals surface area (Å²) < 4.78 is 0.792. The lowest BCUT2D eigenvalue weighted by atomic mass is 10.3. The van der Waals surface area contributed by atoms with Crippen molar-refractivity contribution in [2.45, 2.75) is 0 Å². The molecule has 12 heavy (non-hydrogen) atoms. The van der Waals surface area contributed by atoms with Crippen LogP contribution in [-0.4, -0.2) is 17.6 Å². The van der Waals surface area contributed by atoms with Crippen molar-refractivity contribution in [1.82, 2.24) is 0 Å². The second-order valence-electron chi connectivity index (χ2n) is 2.71. The highest BCUT2D eigenvalue weighted by molar-refractivity contribution is 5.05. The molecular formula is C10H14IN. The molecule has 0 aromatic rings. The Balaban J connectivity index is 0.00000121. The average Bonchev–Trinajstić information content (AvgIpc) is 2.07. The summed E-state index contributed by atoms with van der Waals surface area (Å²) in [6.07, 6.45) is 12.3. The van der Waals surface area contributed by atoms with Crippen LogP contribution in [0.2, 0.25) is 0 Å². The van der Waals surface area contributed by atoms with E-state index in [0.29, 0.717) is 0 Å². The third-order valence-corrected chi connectivity index (χ3v) is 1.91. The molecular weight excluding hydrogens is 261 g/mol. The van der Waals surface area contributed by atoms with Crippen molar-refractivity contribution in [2.75, 3.05) is 13.1 Å². The molecule has 1 unspecified atom stereocenters. The van der Waals surface area contributed by atoms with Crippen LogP contribution >= 0.6 is 0 Å². The topological polar surface area (TPSA) is 0 Å². The van der Waals surface area contributed by atoms with Crippen LogP contribution in [0, 0.1) is 0 Å². The molecule has 0 aliphatic carbocycles. The Kier molecular flexibility index (Phi) is 5.17. The van der Waals surface area contributed by atoms with Gasteiger partial charge in [0.1, 0.15) is 19.3 Å². The first kappa shape index (κ1) is 11.6. The van der Waals surface area contributed by atoms with Gasteiger partial charge in [0, 0.05) is 0 Å².